The molecule has 8 nitrogen and oxygen atoms in total. The van der Waals surface area contributed by atoms with Crippen LogP contribution in [0.4, 0.5) is 17.1 Å². The predicted octanol–water partition coefficient (Wildman–Crippen LogP) is 3.92. The number of aromatic hydroxyl groups is 1. The number of hydrogen-bond acceptors (Lipinski definition) is 5. The summed E-state index contributed by atoms with van der Waals surface area (Å²) in [5, 5.41) is 30.1. The number of nitrogens with one attached hydrogen (secondary N) is 1. The third-order valence-corrected chi connectivity index (χ3v) is 6.03. The number of non-ortho nitro benzene ring substituents is 1. The number of anilines is 2. The first kappa shape index (κ1) is 18.6. The van der Waals surface area contributed by atoms with Crippen LogP contribution >= 0.6 is 0 Å². The highest BCUT2D eigenvalue weighted by atomic mass is 32.2. The van der Waals surface area contributed by atoms with Crippen molar-refractivity contribution in [3.8, 4) is 5.75 Å². The van der Waals surface area contributed by atoms with Crippen LogP contribution < -0.4 is 8.61 Å². The molecule has 0 amide bonds. The predicted molar refractivity (Wildman–Crippen MR) is 111 cm³/mol. The summed E-state index contributed by atoms with van der Waals surface area (Å²) in [6.07, 6.45) is 0. The van der Waals surface area contributed by atoms with E-state index in [1.165, 1.54) is 38.9 Å². The van der Waals surface area contributed by atoms with Gasteiger partial charge in [0.05, 0.1) is 16.3 Å². The molecule has 1 saturated heterocycles. The van der Waals surface area contributed by atoms with Crippen molar-refractivity contribution < 1.29 is 14.2 Å². The minimum Gasteiger partial charge on any atom is -0.506 e. The van der Waals surface area contributed by atoms with Crippen LogP contribution in [0.3, 0.4) is 0 Å². The van der Waals surface area contributed by atoms with E-state index >= 15 is 0 Å². The molecule has 29 heavy (non-hydrogen) atoms. The van der Waals surface area contributed by atoms with Crippen LogP contribution in [0.25, 0.3) is 0 Å². The van der Waals surface area contributed by atoms with E-state index < -0.39 is 22.1 Å². The van der Waals surface area contributed by atoms with E-state index in [1.54, 1.807) is 42.5 Å². The maximum Gasteiger partial charge on any atom is 0.269 e. The summed E-state index contributed by atoms with van der Waals surface area (Å²) < 4.78 is 16.2. The Hall–Kier alpha value is -3.72. The highest BCUT2D eigenvalue weighted by Gasteiger charge is 2.45. The number of phenolic OH excluding ortho intramolecular Hbond substituents is 1. The summed E-state index contributed by atoms with van der Waals surface area (Å²) in [5.41, 5.74) is 1.35. The lowest BCUT2D eigenvalue weighted by Crippen LogP contribution is -2.27. The van der Waals surface area contributed by atoms with E-state index in [9.17, 15) is 19.4 Å². The smallest absolute Gasteiger partial charge is 0.269 e. The van der Waals surface area contributed by atoms with Gasteiger partial charge in [-0.2, -0.15) is 0 Å². The lowest BCUT2D eigenvalue weighted by atomic mass is 10.0. The van der Waals surface area contributed by atoms with E-state index in [4.69, 9.17) is 5.41 Å². The summed E-state index contributed by atoms with van der Waals surface area (Å²) in [6, 6.07) is 20.3. The fraction of sp³-hybridized carbons (Fsp3) is 0.0500. The maximum atomic E-state index is 13.4. The number of phenols is 1. The molecule has 2 N–H and O–H groups in total. The Labute approximate surface area is 169 Å². The van der Waals surface area contributed by atoms with Gasteiger partial charge in [-0.05, 0) is 42.0 Å². The van der Waals surface area contributed by atoms with Gasteiger partial charge >= 0.3 is 0 Å². The van der Waals surface area contributed by atoms with Gasteiger partial charge in [-0.15, -0.1) is 0 Å². The Kier molecular flexibility index (Phi) is 4.73. The minimum atomic E-state index is -1.84. The first-order chi connectivity index (χ1) is 14.0. The molecule has 1 fully saturated rings. The fourth-order valence-corrected chi connectivity index (χ4v) is 4.69. The van der Waals surface area contributed by atoms with Crippen LogP contribution in [0.2, 0.25) is 0 Å². The second-order valence-electron chi connectivity index (χ2n) is 6.31. The van der Waals surface area contributed by atoms with Crippen LogP contribution in [-0.4, -0.2) is 20.1 Å². The molecule has 4 rings (SSSR count). The highest BCUT2D eigenvalue weighted by molar-refractivity contribution is 7.89. The Balaban J connectivity index is 1.85. The lowest BCUT2D eigenvalue weighted by Gasteiger charge is -2.23. The van der Waals surface area contributed by atoms with Crippen molar-refractivity contribution in [3.05, 3.63) is 94.5 Å². The number of nitro benzene ring substituents is 1. The number of nitro groups is 1. The van der Waals surface area contributed by atoms with Gasteiger partial charge in [-0.1, -0.05) is 30.3 Å². The number of nitrogens with zero attached hydrogens (tertiary/aromatic N) is 3. The molecule has 2 atom stereocenters. The molecule has 2 unspecified atom stereocenters. The molecule has 0 bridgehead atoms. The summed E-state index contributed by atoms with van der Waals surface area (Å²) in [7, 11) is 0. The summed E-state index contributed by atoms with van der Waals surface area (Å²) in [4.78, 5) is 10.5. The SMILES string of the molecule is N=C1C(c2ccc([N+](=O)[O-])cc2)N(c2ccccc2O)S(=O)N1c1ccccc1. The van der Waals surface area contributed by atoms with Crippen LogP contribution in [0.5, 0.6) is 5.75 Å². The number of para-hydroxylation sites is 3. The van der Waals surface area contributed by atoms with Gasteiger partial charge < -0.3 is 5.11 Å². The zero-order chi connectivity index (χ0) is 20.5. The second-order valence-corrected chi connectivity index (χ2v) is 7.53. The monoisotopic (exact) mass is 408 g/mol. The number of amidine groups is 1. The average molecular weight is 408 g/mol. The molecule has 3 aromatic rings. The van der Waals surface area contributed by atoms with Gasteiger partial charge in [0.15, 0.2) is 0 Å². The molecule has 0 aromatic heterocycles. The van der Waals surface area contributed by atoms with Crippen molar-refractivity contribution in [2.75, 3.05) is 8.61 Å². The fourth-order valence-electron chi connectivity index (χ4n) is 3.22. The standard InChI is InChI=1S/C20H16N4O4S/c21-20-19(14-10-12-16(13-11-14)24(26)27)23(17-8-4-5-9-18(17)25)29(28)22(20)15-6-2-1-3-7-15/h1-13,19,21,25H. The first-order valence-electron chi connectivity index (χ1n) is 8.66. The third kappa shape index (κ3) is 3.21. The quantitative estimate of drug-likeness (QED) is 0.503. The molecular weight excluding hydrogens is 392 g/mol. The van der Waals surface area contributed by atoms with Crippen molar-refractivity contribution in [2.24, 2.45) is 0 Å². The Morgan fingerprint density at radius 2 is 1.59 bits per heavy atom. The molecule has 0 saturated carbocycles. The van der Waals surface area contributed by atoms with Crippen LogP contribution in [0.15, 0.2) is 78.9 Å². The van der Waals surface area contributed by atoms with Gasteiger partial charge in [-0.3, -0.25) is 19.8 Å². The summed E-state index contributed by atoms with van der Waals surface area (Å²) >= 11 is -1.84. The van der Waals surface area contributed by atoms with Crippen molar-refractivity contribution in [2.45, 2.75) is 6.04 Å². The molecule has 0 radical (unpaired) electrons. The van der Waals surface area contributed by atoms with Gasteiger partial charge in [0.25, 0.3) is 5.69 Å². The zero-order valence-corrected chi connectivity index (χ0v) is 15.8. The van der Waals surface area contributed by atoms with Crippen molar-refractivity contribution >= 4 is 34.1 Å². The molecule has 1 aliphatic heterocycles. The van der Waals surface area contributed by atoms with Crippen molar-refractivity contribution in [1.29, 1.82) is 5.41 Å². The Morgan fingerprint density at radius 1 is 0.966 bits per heavy atom. The Bertz CT molecular complexity index is 1100. The number of rotatable bonds is 4. The van der Waals surface area contributed by atoms with Crippen LogP contribution in [0.1, 0.15) is 11.6 Å². The average Bonchev–Trinajstić information content (AvgIpc) is 2.99. The summed E-state index contributed by atoms with van der Waals surface area (Å²) in [6.45, 7) is 0. The maximum absolute atomic E-state index is 13.4. The van der Waals surface area contributed by atoms with E-state index in [2.05, 4.69) is 0 Å². The number of benzene rings is 3. The number of hydrogen-bond donors (Lipinski definition) is 2. The lowest BCUT2D eigenvalue weighted by molar-refractivity contribution is -0.384. The van der Waals surface area contributed by atoms with E-state index in [0.717, 1.165) is 0 Å². The molecule has 1 aliphatic rings. The third-order valence-electron chi connectivity index (χ3n) is 4.57. The highest BCUT2D eigenvalue weighted by Crippen LogP contribution is 2.43. The normalized spacial score (nSPS) is 18.8. The van der Waals surface area contributed by atoms with E-state index in [-0.39, 0.29) is 17.3 Å². The van der Waals surface area contributed by atoms with Gasteiger partial charge in [-0.25, -0.2) is 8.51 Å². The molecule has 0 spiro atoms. The van der Waals surface area contributed by atoms with E-state index in [1.807, 2.05) is 6.07 Å². The topological polar surface area (TPSA) is 111 Å². The molecule has 146 valence electrons. The van der Waals surface area contributed by atoms with Crippen molar-refractivity contribution in [3.63, 3.8) is 0 Å². The van der Waals surface area contributed by atoms with Crippen LogP contribution in [0, 0.1) is 15.5 Å². The summed E-state index contributed by atoms with van der Waals surface area (Å²) in [5.74, 6) is -0.0397. The minimum absolute atomic E-state index is 0.0339. The molecule has 0 aliphatic carbocycles. The zero-order valence-electron chi connectivity index (χ0n) is 15.0. The van der Waals surface area contributed by atoms with E-state index in [0.29, 0.717) is 16.9 Å². The largest absolute Gasteiger partial charge is 0.506 e. The second kappa shape index (κ2) is 7.36. The van der Waals surface area contributed by atoms with Crippen LogP contribution in [-0.2, 0) is 11.2 Å². The van der Waals surface area contributed by atoms with Gasteiger partial charge in [0.1, 0.15) is 17.6 Å². The molecule has 3 aromatic carbocycles. The Morgan fingerprint density at radius 3 is 2.21 bits per heavy atom. The molecule has 9 heteroatoms. The van der Waals surface area contributed by atoms with Crippen molar-refractivity contribution in [1.82, 2.24) is 0 Å². The molecule has 1 heterocycles. The van der Waals surface area contributed by atoms with Gasteiger partial charge in [0, 0.05) is 12.1 Å². The first-order valence-corrected chi connectivity index (χ1v) is 9.72. The molecular formula is C20H16N4O4S. The van der Waals surface area contributed by atoms with Gasteiger partial charge in [0.2, 0.25) is 11.2 Å².